The number of phenolic OH excluding ortho intramolecular Hbond substituents is 1. The van der Waals surface area contributed by atoms with Gasteiger partial charge in [-0.1, -0.05) is 23.9 Å². The second-order valence-electron chi connectivity index (χ2n) is 3.39. The second kappa shape index (κ2) is 4.88. The second-order valence-corrected chi connectivity index (χ2v) is 4.50. The summed E-state index contributed by atoms with van der Waals surface area (Å²) in [5, 5.41) is 9.18. The summed E-state index contributed by atoms with van der Waals surface area (Å²) in [6, 6.07) is 13.8. The number of aromatic hydroxyl groups is 1. The van der Waals surface area contributed by atoms with Crippen LogP contribution in [-0.2, 0) is 0 Å². The van der Waals surface area contributed by atoms with Gasteiger partial charge in [0.25, 0.3) is 0 Å². The fourth-order valence-electron chi connectivity index (χ4n) is 1.37. The number of hydrogen-bond donors (Lipinski definition) is 2. The Morgan fingerprint density at radius 1 is 1.06 bits per heavy atom. The predicted octanol–water partition coefficient (Wildman–Crippen LogP) is 2.83. The maximum atomic E-state index is 11.2. The SMILES string of the molecule is N[N+](=O)c1ccccc1Sc1ccc(O)cc1. The Hall–Kier alpha value is -2.01. The first-order valence-electron chi connectivity index (χ1n) is 4.94. The Morgan fingerprint density at radius 3 is 2.35 bits per heavy atom. The molecule has 0 aromatic heterocycles. The molecule has 0 aliphatic rings. The normalized spacial score (nSPS) is 10.1. The highest BCUT2D eigenvalue weighted by Gasteiger charge is 2.15. The third kappa shape index (κ3) is 2.76. The highest BCUT2D eigenvalue weighted by molar-refractivity contribution is 7.99. The van der Waals surface area contributed by atoms with E-state index in [4.69, 9.17) is 5.84 Å². The number of hydrogen-bond acceptors (Lipinski definition) is 3. The number of nitrogens with zero attached hydrogens (tertiary/aromatic N) is 1. The summed E-state index contributed by atoms with van der Waals surface area (Å²) in [6.07, 6.45) is 0. The Bertz CT molecular complexity index is 540. The summed E-state index contributed by atoms with van der Waals surface area (Å²) in [5.41, 5.74) is 0.422. The van der Waals surface area contributed by atoms with Crippen LogP contribution in [0.2, 0.25) is 0 Å². The Morgan fingerprint density at radius 2 is 1.71 bits per heavy atom. The van der Waals surface area contributed by atoms with Crippen molar-refractivity contribution in [1.29, 1.82) is 0 Å². The van der Waals surface area contributed by atoms with E-state index in [1.54, 1.807) is 36.4 Å². The van der Waals surface area contributed by atoms with E-state index < -0.39 is 0 Å². The zero-order chi connectivity index (χ0) is 12.3. The van der Waals surface area contributed by atoms with Gasteiger partial charge in [-0.05, 0) is 30.3 Å². The van der Waals surface area contributed by atoms with Crippen molar-refractivity contribution in [3.63, 3.8) is 0 Å². The number of rotatable bonds is 3. The van der Waals surface area contributed by atoms with Crippen LogP contribution in [0.3, 0.4) is 0 Å². The first-order valence-corrected chi connectivity index (χ1v) is 5.76. The molecule has 0 atom stereocenters. The molecule has 0 unspecified atom stereocenters. The molecule has 0 aliphatic heterocycles. The van der Waals surface area contributed by atoms with Crippen LogP contribution < -0.4 is 5.84 Å². The first kappa shape index (κ1) is 11.5. The minimum atomic E-state index is 0.215. The summed E-state index contributed by atoms with van der Waals surface area (Å²) in [7, 11) is 0. The first-order chi connectivity index (χ1) is 8.16. The minimum absolute atomic E-state index is 0.215. The average molecular weight is 247 g/mol. The van der Waals surface area contributed by atoms with E-state index in [2.05, 4.69) is 0 Å². The van der Waals surface area contributed by atoms with E-state index in [0.29, 0.717) is 10.6 Å². The van der Waals surface area contributed by atoms with Crippen molar-refractivity contribution in [2.75, 3.05) is 0 Å². The summed E-state index contributed by atoms with van der Waals surface area (Å²) >= 11 is 1.42. The van der Waals surface area contributed by atoms with Gasteiger partial charge in [-0.25, -0.2) is 0 Å². The van der Waals surface area contributed by atoms with Crippen molar-refractivity contribution in [3.05, 3.63) is 53.4 Å². The van der Waals surface area contributed by atoms with Crippen LogP contribution in [0.5, 0.6) is 5.75 Å². The van der Waals surface area contributed by atoms with Crippen LogP contribution in [0.1, 0.15) is 0 Å². The van der Waals surface area contributed by atoms with Crippen molar-refractivity contribution >= 4 is 17.4 Å². The van der Waals surface area contributed by atoms with E-state index in [0.717, 1.165) is 9.79 Å². The zero-order valence-corrected chi connectivity index (χ0v) is 9.72. The van der Waals surface area contributed by atoms with E-state index in [1.807, 2.05) is 12.1 Å². The fraction of sp³-hybridized carbons (Fsp3) is 0. The predicted molar refractivity (Wildman–Crippen MR) is 66.1 cm³/mol. The number of nitrogens with two attached hydrogens (primary N) is 1. The summed E-state index contributed by atoms with van der Waals surface area (Å²) in [4.78, 5) is 13.2. The molecular formula is C12H11N2O2S+. The van der Waals surface area contributed by atoms with Gasteiger partial charge >= 0.3 is 5.69 Å². The van der Waals surface area contributed by atoms with Gasteiger partial charge in [0.05, 0.1) is 9.80 Å². The lowest BCUT2D eigenvalue weighted by Crippen LogP contribution is -2.09. The van der Waals surface area contributed by atoms with E-state index in [-0.39, 0.29) is 5.75 Å². The van der Waals surface area contributed by atoms with Crippen LogP contribution in [0.4, 0.5) is 5.69 Å². The number of para-hydroxylation sites is 1. The molecule has 0 amide bonds. The topological polar surface area (TPSA) is 66.3 Å². The maximum absolute atomic E-state index is 11.2. The third-order valence-electron chi connectivity index (χ3n) is 2.17. The lowest BCUT2D eigenvalue weighted by molar-refractivity contribution is -0.477. The highest BCUT2D eigenvalue weighted by Crippen LogP contribution is 2.34. The molecule has 17 heavy (non-hydrogen) atoms. The quantitative estimate of drug-likeness (QED) is 0.497. The van der Waals surface area contributed by atoms with Crippen LogP contribution in [0, 0.1) is 4.91 Å². The van der Waals surface area contributed by atoms with Gasteiger partial charge in [-0.3, -0.25) is 0 Å². The molecule has 2 aromatic rings. The van der Waals surface area contributed by atoms with E-state index >= 15 is 0 Å². The van der Waals surface area contributed by atoms with Crippen LogP contribution >= 0.6 is 11.8 Å². The molecule has 0 saturated heterocycles. The summed E-state index contributed by atoms with van der Waals surface area (Å²) < 4.78 is 0. The molecule has 0 radical (unpaired) electrons. The Labute approximate surface area is 103 Å². The van der Waals surface area contributed by atoms with Crippen LogP contribution in [-0.4, -0.2) is 9.98 Å². The molecule has 0 aliphatic carbocycles. The molecule has 2 rings (SSSR count). The molecule has 5 heteroatoms. The van der Waals surface area contributed by atoms with Gasteiger partial charge in [0.1, 0.15) is 5.75 Å². The lowest BCUT2D eigenvalue weighted by atomic mass is 10.3. The van der Waals surface area contributed by atoms with Crippen LogP contribution in [0.15, 0.2) is 58.3 Å². The van der Waals surface area contributed by atoms with Gasteiger partial charge in [0.15, 0.2) is 4.87 Å². The van der Waals surface area contributed by atoms with Crippen molar-refractivity contribution in [2.24, 2.45) is 5.84 Å². The highest BCUT2D eigenvalue weighted by atomic mass is 32.2. The maximum Gasteiger partial charge on any atom is 0.305 e. The number of nitroso groups, excluding NO2 is 1. The zero-order valence-electron chi connectivity index (χ0n) is 8.91. The number of benzene rings is 2. The molecule has 86 valence electrons. The third-order valence-corrected chi connectivity index (χ3v) is 3.24. The smallest absolute Gasteiger partial charge is 0.305 e. The van der Waals surface area contributed by atoms with Crippen molar-refractivity contribution < 1.29 is 9.98 Å². The average Bonchev–Trinajstić information content (AvgIpc) is 2.32. The van der Waals surface area contributed by atoms with Gasteiger partial charge in [0.2, 0.25) is 0 Å². The Kier molecular flexibility index (Phi) is 3.30. The van der Waals surface area contributed by atoms with E-state index in [9.17, 15) is 10.0 Å². The number of phenols is 1. The summed E-state index contributed by atoms with van der Waals surface area (Å²) in [5.74, 6) is 5.43. The standard InChI is InChI=1S/C12H10N2O2S/c13-14(16)11-3-1-2-4-12(11)17-10-7-5-9(15)6-8-10/h1-8H,(H2-,13,15,16)/p+1. The molecular weight excluding hydrogens is 236 g/mol. The molecule has 0 bridgehead atoms. The summed E-state index contributed by atoms with van der Waals surface area (Å²) in [6.45, 7) is 0. The van der Waals surface area contributed by atoms with E-state index in [1.165, 1.54) is 11.8 Å². The molecule has 0 heterocycles. The molecule has 2 aromatic carbocycles. The Balaban J connectivity index is 2.30. The number of hydrazine groups is 1. The molecule has 4 nitrogen and oxygen atoms in total. The minimum Gasteiger partial charge on any atom is -0.508 e. The lowest BCUT2D eigenvalue weighted by Gasteiger charge is -2.01. The van der Waals surface area contributed by atoms with Gasteiger partial charge in [-0.2, -0.15) is 5.84 Å². The van der Waals surface area contributed by atoms with Crippen molar-refractivity contribution in [3.8, 4) is 5.75 Å². The molecule has 3 N–H and O–H groups in total. The van der Waals surface area contributed by atoms with Crippen LogP contribution in [0.25, 0.3) is 0 Å². The monoisotopic (exact) mass is 247 g/mol. The van der Waals surface area contributed by atoms with Gasteiger partial charge < -0.3 is 5.11 Å². The molecule has 0 saturated carbocycles. The molecule has 0 fully saturated rings. The molecule has 0 spiro atoms. The van der Waals surface area contributed by atoms with Gasteiger partial charge in [0, 0.05) is 11.0 Å². The fourth-order valence-corrected chi connectivity index (χ4v) is 2.30. The largest absolute Gasteiger partial charge is 0.508 e. The van der Waals surface area contributed by atoms with Gasteiger partial charge in [-0.15, -0.1) is 0 Å². The van der Waals surface area contributed by atoms with Crippen molar-refractivity contribution in [2.45, 2.75) is 9.79 Å². The van der Waals surface area contributed by atoms with Crippen molar-refractivity contribution in [1.82, 2.24) is 0 Å².